The molecule has 1 aromatic heterocycles. The number of sulfonamides is 1. The number of nitrogens with one attached hydrogen (secondary N) is 1. The Morgan fingerprint density at radius 1 is 1.25 bits per heavy atom. The number of thioether (sulfide) groups is 1. The molecule has 0 bridgehead atoms. The molecule has 0 unspecified atom stereocenters. The summed E-state index contributed by atoms with van der Waals surface area (Å²) in [5, 5.41) is 3.47. The third kappa shape index (κ3) is 4.79. The number of hydrogen-bond donors (Lipinski definition) is 1. The first-order valence-electron chi connectivity index (χ1n) is 6.85. The summed E-state index contributed by atoms with van der Waals surface area (Å²) in [4.78, 5) is 16.3. The van der Waals surface area contributed by atoms with Crippen molar-refractivity contribution in [3.05, 3.63) is 47.1 Å². The number of likely N-dealkylation sites (N-methyl/N-ethyl adjacent to an activating group) is 1. The zero-order valence-electron chi connectivity index (χ0n) is 13.1. The monoisotopic (exact) mass is 429 g/mol. The van der Waals surface area contributed by atoms with Crippen LogP contribution in [0, 0.1) is 0 Å². The first kappa shape index (κ1) is 18.9. The molecule has 1 heterocycles. The highest BCUT2D eigenvalue weighted by Crippen LogP contribution is 2.18. The second-order valence-electron chi connectivity index (χ2n) is 4.85. The fourth-order valence-electron chi connectivity index (χ4n) is 1.85. The zero-order chi connectivity index (χ0) is 17.7. The summed E-state index contributed by atoms with van der Waals surface area (Å²) in [6, 6.07) is 9.75. The van der Waals surface area contributed by atoms with Crippen LogP contribution in [0.5, 0.6) is 0 Å². The quantitative estimate of drug-likeness (QED) is 0.714. The third-order valence-electron chi connectivity index (χ3n) is 3.12. The summed E-state index contributed by atoms with van der Waals surface area (Å²) in [6.07, 6.45) is 3.44. The second kappa shape index (κ2) is 8.11. The molecule has 2 aromatic rings. The number of nitrogens with zero attached hydrogens (tertiary/aromatic N) is 2. The lowest BCUT2D eigenvalue weighted by Crippen LogP contribution is -2.34. The topological polar surface area (TPSA) is 79.4 Å². The lowest BCUT2D eigenvalue weighted by Gasteiger charge is -2.17. The van der Waals surface area contributed by atoms with E-state index in [0.717, 1.165) is 13.8 Å². The van der Waals surface area contributed by atoms with E-state index in [0.29, 0.717) is 5.69 Å². The van der Waals surface area contributed by atoms with E-state index in [-0.39, 0.29) is 11.4 Å². The first-order valence-corrected chi connectivity index (χ1v) is 10.3. The van der Waals surface area contributed by atoms with Crippen molar-refractivity contribution < 1.29 is 13.2 Å². The van der Waals surface area contributed by atoms with Crippen LogP contribution in [0.4, 0.5) is 5.69 Å². The molecule has 1 amide bonds. The van der Waals surface area contributed by atoms with E-state index in [1.165, 1.54) is 37.1 Å². The minimum Gasteiger partial charge on any atom is -0.324 e. The fourth-order valence-corrected chi connectivity index (χ4v) is 3.60. The van der Waals surface area contributed by atoms with E-state index in [9.17, 15) is 13.2 Å². The summed E-state index contributed by atoms with van der Waals surface area (Å²) in [6.45, 7) is -0.289. The number of carbonyl (C=O) groups is 1. The number of benzene rings is 1. The van der Waals surface area contributed by atoms with Crippen molar-refractivity contribution >= 4 is 49.3 Å². The standard InChI is InChI=1S/C15H16BrN3O3S2/c1-19(24(21,22)13-6-3-11(16)4-7-13)10-14(20)18-12-5-8-15(23-2)17-9-12/h3-9H,10H2,1-2H3,(H,18,20). The van der Waals surface area contributed by atoms with Gasteiger partial charge in [0.25, 0.3) is 0 Å². The molecule has 0 spiro atoms. The van der Waals surface area contributed by atoms with Gasteiger partial charge in [0, 0.05) is 11.5 Å². The molecule has 0 saturated heterocycles. The molecule has 0 atom stereocenters. The number of rotatable bonds is 6. The number of amides is 1. The Bertz CT molecular complexity index is 809. The molecular weight excluding hydrogens is 414 g/mol. The van der Waals surface area contributed by atoms with Crippen LogP contribution in [0.2, 0.25) is 0 Å². The SMILES string of the molecule is CSc1ccc(NC(=O)CN(C)S(=O)(=O)c2ccc(Br)cc2)cn1. The average Bonchev–Trinajstić information content (AvgIpc) is 2.55. The Balaban J connectivity index is 2.03. The summed E-state index contributed by atoms with van der Waals surface area (Å²) in [5.41, 5.74) is 0.521. The van der Waals surface area contributed by atoms with Gasteiger partial charge in [-0.25, -0.2) is 13.4 Å². The highest BCUT2D eigenvalue weighted by Gasteiger charge is 2.22. The Morgan fingerprint density at radius 3 is 2.46 bits per heavy atom. The smallest absolute Gasteiger partial charge is 0.243 e. The van der Waals surface area contributed by atoms with Crippen molar-refractivity contribution in [3.63, 3.8) is 0 Å². The Labute approximate surface area is 153 Å². The molecule has 9 heteroatoms. The zero-order valence-corrected chi connectivity index (χ0v) is 16.3. The van der Waals surface area contributed by atoms with Crippen LogP contribution < -0.4 is 5.32 Å². The molecule has 2 rings (SSSR count). The lowest BCUT2D eigenvalue weighted by molar-refractivity contribution is -0.116. The van der Waals surface area contributed by atoms with Crippen molar-refractivity contribution in [2.45, 2.75) is 9.92 Å². The van der Waals surface area contributed by atoms with E-state index in [2.05, 4.69) is 26.2 Å². The Morgan fingerprint density at radius 2 is 1.92 bits per heavy atom. The molecule has 1 N–H and O–H groups in total. The van der Waals surface area contributed by atoms with Gasteiger partial charge in [-0.05, 0) is 42.7 Å². The van der Waals surface area contributed by atoms with Crippen molar-refractivity contribution in [1.82, 2.24) is 9.29 Å². The van der Waals surface area contributed by atoms with E-state index in [4.69, 9.17) is 0 Å². The molecule has 24 heavy (non-hydrogen) atoms. The Kier molecular flexibility index (Phi) is 6.39. The highest BCUT2D eigenvalue weighted by atomic mass is 79.9. The van der Waals surface area contributed by atoms with Gasteiger partial charge in [0.05, 0.1) is 28.4 Å². The van der Waals surface area contributed by atoms with E-state index in [1.807, 2.05) is 6.26 Å². The molecule has 0 fully saturated rings. The second-order valence-corrected chi connectivity index (χ2v) is 8.64. The summed E-state index contributed by atoms with van der Waals surface area (Å²) >= 11 is 4.75. The van der Waals surface area contributed by atoms with Crippen LogP contribution >= 0.6 is 27.7 Å². The normalized spacial score (nSPS) is 11.5. The molecule has 0 saturated carbocycles. The number of anilines is 1. The maximum Gasteiger partial charge on any atom is 0.243 e. The summed E-state index contributed by atoms with van der Waals surface area (Å²) < 4.78 is 26.7. The largest absolute Gasteiger partial charge is 0.324 e. The Hall–Kier alpha value is -1.42. The minimum absolute atomic E-state index is 0.131. The van der Waals surface area contributed by atoms with Crippen molar-refractivity contribution in [2.75, 3.05) is 25.2 Å². The van der Waals surface area contributed by atoms with Crippen LogP contribution in [0.1, 0.15) is 0 Å². The van der Waals surface area contributed by atoms with Crippen LogP contribution in [-0.2, 0) is 14.8 Å². The van der Waals surface area contributed by atoms with Crippen LogP contribution in [-0.4, -0.2) is 43.5 Å². The molecular formula is C15H16BrN3O3S2. The highest BCUT2D eigenvalue weighted by molar-refractivity contribution is 9.10. The molecule has 0 aliphatic carbocycles. The van der Waals surface area contributed by atoms with Gasteiger partial charge in [-0.1, -0.05) is 15.9 Å². The van der Waals surface area contributed by atoms with Crippen molar-refractivity contribution in [2.24, 2.45) is 0 Å². The number of halogens is 1. The van der Waals surface area contributed by atoms with Crippen LogP contribution in [0.25, 0.3) is 0 Å². The number of aromatic nitrogens is 1. The predicted molar refractivity (Wildman–Crippen MR) is 98.6 cm³/mol. The van der Waals surface area contributed by atoms with Gasteiger partial charge in [0.1, 0.15) is 0 Å². The number of hydrogen-bond acceptors (Lipinski definition) is 5. The third-order valence-corrected chi connectivity index (χ3v) is 6.12. The molecule has 1 aromatic carbocycles. The van der Waals surface area contributed by atoms with Crippen LogP contribution in [0.3, 0.4) is 0 Å². The van der Waals surface area contributed by atoms with E-state index < -0.39 is 15.9 Å². The van der Waals surface area contributed by atoms with Gasteiger partial charge in [-0.3, -0.25) is 4.79 Å². The summed E-state index contributed by atoms with van der Waals surface area (Å²) in [5.74, 6) is -0.433. The number of carbonyl (C=O) groups excluding carboxylic acids is 1. The molecule has 0 aliphatic rings. The average molecular weight is 430 g/mol. The molecule has 128 valence electrons. The van der Waals surface area contributed by atoms with E-state index in [1.54, 1.807) is 24.3 Å². The fraction of sp³-hybridized carbons (Fsp3) is 0.200. The minimum atomic E-state index is -3.72. The van der Waals surface area contributed by atoms with Gasteiger partial charge in [-0.2, -0.15) is 4.31 Å². The van der Waals surface area contributed by atoms with Gasteiger partial charge < -0.3 is 5.32 Å². The van der Waals surface area contributed by atoms with Gasteiger partial charge in [0.2, 0.25) is 15.9 Å². The maximum atomic E-state index is 12.4. The van der Waals surface area contributed by atoms with Gasteiger partial charge >= 0.3 is 0 Å². The molecule has 6 nitrogen and oxygen atoms in total. The predicted octanol–water partition coefficient (Wildman–Crippen LogP) is 2.83. The van der Waals surface area contributed by atoms with Gasteiger partial charge in [0.15, 0.2) is 0 Å². The summed E-state index contributed by atoms with van der Waals surface area (Å²) in [7, 11) is -2.35. The van der Waals surface area contributed by atoms with Crippen molar-refractivity contribution in [1.29, 1.82) is 0 Å². The molecule has 0 aliphatic heterocycles. The van der Waals surface area contributed by atoms with Crippen molar-refractivity contribution in [3.8, 4) is 0 Å². The number of pyridine rings is 1. The maximum absolute atomic E-state index is 12.4. The van der Waals surface area contributed by atoms with Crippen LogP contribution in [0.15, 0.2) is 57.0 Å². The van der Waals surface area contributed by atoms with Gasteiger partial charge in [-0.15, -0.1) is 11.8 Å². The lowest BCUT2D eigenvalue weighted by atomic mass is 10.4. The first-order chi connectivity index (χ1) is 11.3. The van der Waals surface area contributed by atoms with E-state index >= 15 is 0 Å². The molecule has 0 radical (unpaired) electrons.